The highest BCUT2D eigenvalue weighted by Gasteiger charge is 2.09. The molecule has 0 amide bonds. The predicted molar refractivity (Wildman–Crippen MR) is 49.3 cm³/mol. The lowest BCUT2D eigenvalue weighted by Crippen LogP contribution is -2.07. The number of hydrogen-bond acceptors (Lipinski definition) is 5. The van der Waals surface area contributed by atoms with Crippen LogP contribution in [0.3, 0.4) is 0 Å². The number of thiazole rings is 1. The fourth-order valence-electron chi connectivity index (χ4n) is 0.774. The second-order valence-electron chi connectivity index (χ2n) is 2.47. The van der Waals surface area contributed by atoms with E-state index >= 15 is 0 Å². The highest BCUT2D eigenvalue weighted by Crippen LogP contribution is 2.05. The van der Waals surface area contributed by atoms with Crippen molar-refractivity contribution in [3.05, 3.63) is 16.6 Å². The second kappa shape index (κ2) is 5.33. The SMILES string of the molecule is O=C(O)CCCOC(=O)c1nccs1. The van der Waals surface area contributed by atoms with Gasteiger partial charge in [0.25, 0.3) is 0 Å². The Bertz CT molecular complexity index is 309. The summed E-state index contributed by atoms with van der Waals surface area (Å²) in [6.07, 6.45) is 1.84. The Morgan fingerprint density at radius 1 is 1.57 bits per heavy atom. The number of carbonyl (C=O) groups excluding carboxylic acids is 1. The Morgan fingerprint density at radius 3 is 2.93 bits per heavy atom. The number of nitrogens with zero attached hydrogens (tertiary/aromatic N) is 1. The fourth-order valence-corrected chi connectivity index (χ4v) is 1.30. The molecule has 1 rings (SSSR count). The third kappa shape index (κ3) is 3.53. The van der Waals surface area contributed by atoms with Gasteiger partial charge in [-0.15, -0.1) is 11.3 Å². The van der Waals surface area contributed by atoms with Gasteiger partial charge in [-0.3, -0.25) is 4.79 Å². The second-order valence-corrected chi connectivity index (χ2v) is 3.37. The van der Waals surface area contributed by atoms with Crippen molar-refractivity contribution < 1.29 is 19.4 Å². The maximum absolute atomic E-state index is 11.1. The molecule has 1 N–H and O–H groups in total. The van der Waals surface area contributed by atoms with E-state index in [0.29, 0.717) is 11.4 Å². The Morgan fingerprint density at radius 2 is 2.36 bits per heavy atom. The molecule has 0 unspecified atom stereocenters. The van der Waals surface area contributed by atoms with Crippen molar-refractivity contribution in [3.8, 4) is 0 Å². The number of aliphatic carboxylic acids is 1. The number of carboxylic acid groups (broad SMARTS) is 1. The number of rotatable bonds is 5. The Hall–Kier alpha value is -1.43. The van der Waals surface area contributed by atoms with Gasteiger partial charge < -0.3 is 9.84 Å². The molecule has 0 atom stereocenters. The first-order valence-corrected chi connectivity index (χ1v) is 4.86. The van der Waals surface area contributed by atoms with Gasteiger partial charge in [0.15, 0.2) is 0 Å². The van der Waals surface area contributed by atoms with Crippen LogP contribution in [0.15, 0.2) is 11.6 Å². The van der Waals surface area contributed by atoms with E-state index in [-0.39, 0.29) is 13.0 Å². The van der Waals surface area contributed by atoms with E-state index in [0.717, 1.165) is 0 Å². The van der Waals surface area contributed by atoms with Crippen molar-refractivity contribution in [2.75, 3.05) is 6.61 Å². The van der Waals surface area contributed by atoms with Crippen molar-refractivity contribution in [1.29, 1.82) is 0 Å². The van der Waals surface area contributed by atoms with Gasteiger partial charge in [-0.2, -0.15) is 0 Å². The molecule has 0 aliphatic heterocycles. The molecule has 1 heterocycles. The zero-order valence-electron chi connectivity index (χ0n) is 7.30. The minimum Gasteiger partial charge on any atom is -0.481 e. The van der Waals surface area contributed by atoms with E-state index < -0.39 is 11.9 Å². The molecule has 0 aliphatic rings. The molecule has 76 valence electrons. The molecule has 0 fully saturated rings. The van der Waals surface area contributed by atoms with Crippen LogP contribution in [0.4, 0.5) is 0 Å². The summed E-state index contributed by atoms with van der Waals surface area (Å²) < 4.78 is 4.78. The molecule has 0 aromatic carbocycles. The van der Waals surface area contributed by atoms with Crippen LogP contribution in [0, 0.1) is 0 Å². The summed E-state index contributed by atoms with van der Waals surface area (Å²) in [5.74, 6) is -1.39. The monoisotopic (exact) mass is 215 g/mol. The summed E-state index contributed by atoms with van der Waals surface area (Å²) in [5.41, 5.74) is 0. The van der Waals surface area contributed by atoms with Gasteiger partial charge >= 0.3 is 11.9 Å². The first-order valence-electron chi connectivity index (χ1n) is 3.98. The van der Waals surface area contributed by atoms with Crippen molar-refractivity contribution in [3.63, 3.8) is 0 Å². The first kappa shape index (κ1) is 10.6. The molecular weight excluding hydrogens is 206 g/mol. The summed E-state index contributed by atoms with van der Waals surface area (Å²) in [6.45, 7) is 0.116. The molecule has 0 bridgehead atoms. The van der Waals surface area contributed by atoms with E-state index in [1.165, 1.54) is 17.5 Å². The summed E-state index contributed by atoms with van der Waals surface area (Å²) in [5, 5.41) is 10.3. The van der Waals surface area contributed by atoms with E-state index in [4.69, 9.17) is 9.84 Å². The van der Waals surface area contributed by atoms with Crippen LogP contribution < -0.4 is 0 Å². The number of carbonyl (C=O) groups is 2. The van der Waals surface area contributed by atoms with Crippen LogP contribution >= 0.6 is 11.3 Å². The summed E-state index contributed by atoms with van der Waals surface area (Å²) >= 11 is 1.19. The lowest BCUT2D eigenvalue weighted by Gasteiger charge is -1.99. The largest absolute Gasteiger partial charge is 0.481 e. The molecule has 0 spiro atoms. The number of esters is 1. The van der Waals surface area contributed by atoms with Gasteiger partial charge in [0.2, 0.25) is 5.01 Å². The molecule has 1 aromatic heterocycles. The van der Waals surface area contributed by atoms with E-state index in [1.807, 2.05) is 0 Å². The average molecular weight is 215 g/mol. The van der Waals surface area contributed by atoms with Crippen LogP contribution in [-0.2, 0) is 9.53 Å². The standard InChI is InChI=1S/C8H9NO4S/c10-6(11)2-1-4-13-8(12)7-9-3-5-14-7/h3,5H,1-2,4H2,(H,10,11). The highest BCUT2D eigenvalue weighted by molar-refractivity contribution is 7.11. The molecule has 14 heavy (non-hydrogen) atoms. The summed E-state index contributed by atoms with van der Waals surface area (Å²) in [7, 11) is 0. The smallest absolute Gasteiger partial charge is 0.367 e. The number of ether oxygens (including phenoxy) is 1. The Labute approximate surface area is 84.3 Å². The zero-order chi connectivity index (χ0) is 10.4. The maximum Gasteiger partial charge on any atom is 0.367 e. The van der Waals surface area contributed by atoms with Crippen LogP contribution in [0.2, 0.25) is 0 Å². The predicted octanol–water partition coefficient (Wildman–Crippen LogP) is 1.16. The van der Waals surface area contributed by atoms with Crippen LogP contribution in [0.5, 0.6) is 0 Å². The molecule has 6 heteroatoms. The van der Waals surface area contributed by atoms with Gasteiger partial charge in [-0.25, -0.2) is 9.78 Å². The lowest BCUT2D eigenvalue weighted by atomic mass is 10.3. The zero-order valence-corrected chi connectivity index (χ0v) is 8.12. The summed E-state index contributed by atoms with van der Waals surface area (Å²) in [6, 6.07) is 0. The van der Waals surface area contributed by atoms with Crippen molar-refractivity contribution in [1.82, 2.24) is 4.98 Å². The molecule has 0 aliphatic carbocycles. The van der Waals surface area contributed by atoms with Gasteiger partial charge in [0, 0.05) is 18.0 Å². The Kier molecular flexibility index (Phi) is 4.06. The number of hydrogen-bond donors (Lipinski definition) is 1. The van der Waals surface area contributed by atoms with E-state index in [1.54, 1.807) is 5.38 Å². The van der Waals surface area contributed by atoms with Gasteiger partial charge in [0.05, 0.1) is 6.61 Å². The highest BCUT2D eigenvalue weighted by atomic mass is 32.1. The molecule has 0 radical (unpaired) electrons. The van der Waals surface area contributed by atoms with Gasteiger partial charge in [0.1, 0.15) is 0 Å². The number of carboxylic acids is 1. The Balaban J connectivity index is 2.19. The topological polar surface area (TPSA) is 76.5 Å². The summed E-state index contributed by atoms with van der Waals surface area (Å²) in [4.78, 5) is 25.0. The molecule has 0 saturated heterocycles. The molecule has 0 saturated carbocycles. The van der Waals surface area contributed by atoms with Crippen LogP contribution in [-0.4, -0.2) is 28.6 Å². The third-order valence-corrected chi connectivity index (χ3v) is 2.13. The molecule has 5 nitrogen and oxygen atoms in total. The first-order chi connectivity index (χ1) is 6.70. The fraction of sp³-hybridized carbons (Fsp3) is 0.375. The average Bonchev–Trinajstić information content (AvgIpc) is 2.64. The molecule has 1 aromatic rings. The van der Waals surface area contributed by atoms with E-state index in [2.05, 4.69) is 4.98 Å². The van der Waals surface area contributed by atoms with Gasteiger partial charge in [-0.05, 0) is 6.42 Å². The van der Waals surface area contributed by atoms with Crippen molar-refractivity contribution in [2.24, 2.45) is 0 Å². The minimum atomic E-state index is -0.893. The van der Waals surface area contributed by atoms with Crippen molar-refractivity contribution >= 4 is 23.3 Å². The quantitative estimate of drug-likeness (QED) is 0.589. The van der Waals surface area contributed by atoms with Gasteiger partial charge in [-0.1, -0.05) is 0 Å². The normalized spacial score (nSPS) is 9.71. The third-order valence-electron chi connectivity index (χ3n) is 1.38. The van der Waals surface area contributed by atoms with Crippen LogP contribution in [0.1, 0.15) is 22.6 Å². The molecular formula is C8H9NO4S. The van der Waals surface area contributed by atoms with Crippen LogP contribution in [0.25, 0.3) is 0 Å². The maximum atomic E-state index is 11.1. The van der Waals surface area contributed by atoms with E-state index in [9.17, 15) is 9.59 Å². The lowest BCUT2D eigenvalue weighted by molar-refractivity contribution is -0.137. The number of aromatic nitrogens is 1. The minimum absolute atomic E-state index is 0.00511. The van der Waals surface area contributed by atoms with Crippen molar-refractivity contribution in [2.45, 2.75) is 12.8 Å².